The maximum absolute atomic E-state index is 12.7. The van der Waals surface area contributed by atoms with Crippen molar-refractivity contribution in [1.29, 1.82) is 0 Å². The van der Waals surface area contributed by atoms with E-state index in [2.05, 4.69) is 10.1 Å². The lowest BCUT2D eigenvalue weighted by Crippen LogP contribution is -2.33. The first-order valence-corrected chi connectivity index (χ1v) is 7.97. The number of alkyl halides is 2. The van der Waals surface area contributed by atoms with E-state index >= 15 is 0 Å². The van der Waals surface area contributed by atoms with E-state index < -0.39 is 13.0 Å². The predicted octanol–water partition coefficient (Wildman–Crippen LogP) is 2.89. The van der Waals surface area contributed by atoms with E-state index in [1.807, 2.05) is 12.3 Å². The van der Waals surface area contributed by atoms with Crippen LogP contribution >= 0.6 is 11.3 Å². The van der Waals surface area contributed by atoms with E-state index in [0.717, 1.165) is 28.2 Å². The van der Waals surface area contributed by atoms with Crippen LogP contribution in [-0.4, -0.2) is 38.5 Å². The first-order valence-electron chi connectivity index (χ1n) is 7.09. The second-order valence-corrected chi connectivity index (χ2v) is 6.30. The van der Waals surface area contributed by atoms with Gasteiger partial charge in [0, 0.05) is 18.1 Å². The fraction of sp³-hybridized carbons (Fsp3) is 0.500. The zero-order valence-electron chi connectivity index (χ0n) is 12.1. The number of rotatable bonds is 4. The van der Waals surface area contributed by atoms with Gasteiger partial charge in [0.15, 0.2) is 0 Å². The summed E-state index contributed by atoms with van der Waals surface area (Å²) in [6, 6.07) is 1.42. The van der Waals surface area contributed by atoms with Crippen LogP contribution in [-0.2, 0) is 6.54 Å². The van der Waals surface area contributed by atoms with Gasteiger partial charge in [-0.2, -0.15) is 5.10 Å². The third-order valence-corrected chi connectivity index (χ3v) is 4.53. The molecule has 1 aliphatic heterocycles. The van der Waals surface area contributed by atoms with Crippen molar-refractivity contribution >= 4 is 17.2 Å². The first-order chi connectivity index (χ1) is 10.6. The van der Waals surface area contributed by atoms with Crippen LogP contribution in [0.1, 0.15) is 40.1 Å². The third-order valence-electron chi connectivity index (χ3n) is 3.74. The number of aromatic nitrogens is 3. The van der Waals surface area contributed by atoms with E-state index in [0.29, 0.717) is 6.54 Å². The molecule has 1 amide bonds. The van der Waals surface area contributed by atoms with Gasteiger partial charge in [0.2, 0.25) is 0 Å². The highest BCUT2D eigenvalue weighted by atomic mass is 32.1. The average Bonchev–Trinajstić information content (AvgIpc) is 3.16. The Morgan fingerprint density at radius 1 is 1.55 bits per heavy atom. The molecular formula is C14H16F2N4OS. The lowest BCUT2D eigenvalue weighted by Gasteiger charge is -2.23. The SMILES string of the molecule is Cc1nc([C@@H]2CCCN2C(=O)c2ccnn2CC(F)F)cs1. The topological polar surface area (TPSA) is 51.0 Å². The Morgan fingerprint density at radius 3 is 3.05 bits per heavy atom. The molecule has 2 aromatic rings. The highest BCUT2D eigenvalue weighted by Gasteiger charge is 2.33. The quantitative estimate of drug-likeness (QED) is 0.868. The number of halogens is 2. The Bertz CT molecular complexity index is 669. The molecule has 1 atom stereocenters. The van der Waals surface area contributed by atoms with Crippen LogP contribution in [0.25, 0.3) is 0 Å². The van der Waals surface area contributed by atoms with Gasteiger partial charge >= 0.3 is 0 Å². The standard InChI is InChI=1S/C14H16F2N4OS/c1-9-18-10(8-22-9)11-3-2-6-19(11)14(21)12-4-5-17-20(12)7-13(15)16/h4-5,8,11,13H,2-3,6-7H2,1H3/t11-/m0/s1. The molecule has 0 N–H and O–H groups in total. The Morgan fingerprint density at radius 2 is 2.36 bits per heavy atom. The molecule has 1 aliphatic rings. The summed E-state index contributed by atoms with van der Waals surface area (Å²) >= 11 is 1.55. The number of hydrogen-bond acceptors (Lipinski definition) is 4. The highest BCUT2D eigenvalue weighted by molar-refractivity contribution is 7.09. The summed E-state index contributed by atoms with van der Waals surface area (Å²) in [5.41, 5.74) is 1.09. The zero-order chi connectivity index (χ0) is 15.7. The molecule has 0 bridgehead atoms. The van der Waals surface area contributed by atoms with Crippen molar-refractivity contribution in [3.63, 3.8) is 0 Å². The van der Waals surface area contributed by atoms with E-state index in [4.69, 9.17) is 0 Å². The van der Waals surface area contributed by atoms with Crippen LogP contribution in [0, 0.1) is 6.92 Å². The van der Waals surface area contributed by atoms with Gasteiger partial charge < -0.3 is 4.90 Å². The van der Waals surface area contributed by atoms with Crippen molar-refractivity contribution in [2.75, 3.05) is 6.54 Å². The molecule has 22 heavy (non-hydrogen) atoms. The average molecular weight is 326 g/mol. The summed E-state index contributed by atoms with van der Waals surface area (Å²) in [5.74, 6) is -0.258. The second-order valence-electron chi connectivity index (χ2n) is 5.24. The van der Waals surface area contributed by atoms with Crippen molar-refractivity contribution < 1.29 is 13.6 Å². The number of aryl methyl sites for hydroxylation is 1. The largest absolute Gasteiger partial charge is 0.329 e. The van der Waals surface area contributed by atoms with Crippen molar-refractivity contribution in [2.24, 2.45) is 0 Å². The zero-order valence-corrected chi connectivity index (χ0v) is 12.9. The molecule has 0 spiro atoms. The fourth-order valence-corrected chi connectivity index (χ4v) is 3.45. The van der Waals surface area contributed by atoms with Gasteiger partial charge in [0.05, 0.1) is 16.7 Å². The number of hydrogen-bond donors (Lipinski definition) is 0. The number of carbonyl (C=O) groups excluding carboxylic acids is 1. The predicted molar refractivity (Wildman–Crippen MR) is 78.1 cm³/mol. The Kier molecular flexibility index (Phi) is 4.19. The number of thiazole rings is 1. The summed E-state index contributed by atoms with van der Waals surface area (Å²) in [6.07, 6.45) is 0.573. The molecule has 0 unspecified atom stereocenters. The van der Waals surface area contributed by atoms with Crippen molar-refractivity contribution in [1.82, 2.24) is 19.7 Å². The second kappa shape index (κ2) is 6.12. The number of likely N-dealkylation sites (tertiary alicyclic amines) is 1. The Hall–Kier alpha value is -1.83. The Balaban J connectivity index is 1.83. The molecule has 0 aliphatic carbocycles. The van der Waals surface area contributed by atoms with Crippen LogP contribution in [0.3, 0.4) is 0 Å². The monoisotopic (exact) mass is 326 g/mol. The lowest BCUT2D eigenvalue weighted by atomic mass is 10.1. The normalized spacial score (nSPS) is 18.4. The third kappa shape index (κ3) is 2.87. The Labute approximate surface area is 130 Å². The summed E-state index contributed by atoms with van der Waals surface area (Å²) in [7, 11) is 0. The minimum Gasteiger partial charge on any atom is -0.329 e. The molecule has 5 nitrogen and oxygen atoms in total. The van der Waals surface area contributed by atoms with E-state index in [-0.39, 0.29) is 17.6 Å². The van der Waals surface area contributed by atoms with Crippen LogP contribution < -0.4 is 0 Å². The van der Waals surface area contributed by atoms with Gasteiger partial charge in [-0.1, -0.05) is 0 Å². The summed E-state index contributed by atoms with van der Waals surface area (Å²) < 4.78 is 26.2. The van der Waals surface area contributed by atoms with Gasteiger partial charge in [-0.3, -0.25) is 9.48 Å². The van der Waals surface area contributed by atoms with Crippen LogP contribution in [0.5, 0.6) is 0 Å². The molecule has 0 aromatic carbocycles. The summed E-state index contributed by atoms with van der Waals surface area (Å²) in [5, 5.41) is 6.74. The van der Waals surface area contributed by atoms with Gasteiger partial charge in [0.25, 0.3) is 12.3 Å². The first kappa shape index (κ1) is 15.1. The van der Waals surface area contributed by atoms with E-state index in [1.165, 1.54) is 12.3 Å². The van der Waals surface area contributed by atoms with E-state index in [1.54, 1.807) is 16.2 Å². The molecule has 3 heterocycles. The maximum Gasteiger partial charge on any atom is 0.272 e. The molecule has 3 rings (SSSR count). The number of nitrogens with zero attached hydrogens (tertiary/aromatic N) is 4. The lowest BCUT2D eigenvalue weighted by molar-refractivity contribution is 0.0708. The molecule has 118 valence electrons. The van der Waals surface area contributed by atoms with Gasteiger partial charge in [-0.15, -0.1) is 11.3 Å². The fourth-order valence-electron chi connectivity index (χ4n) is 2.79. The molecular weight excluding hydrogens is 310 g/mol. The summed E-state index contributed by atoms with van der Waals surface area (Å²) in [4.78, 5) is 18.9. The van der Waals surface area contributed by atoms with Crippen LogP contribution in [0.15, 0.2) is 17.6 Å². The highest BCUT2D eigenvalue weighted by Crippen LogP contribution is 2.33. The minimum absolute atomic E-state index is 0.0765. The molecule has 1 saturated heterocycles. The number of amides is 1. The molecule has 1 fully saturated rings. The maximum atomic E-state index is 12.7. The van der Waals surface area contributed by atoms with Gasteiger partial charge in [-0.05, 0) is 25.8 Å². The van der Waals surface area contributed by atoms with Crippen LogP contribution in [0.4, 0.5) is 8.78 Å². The summed E-state index contributed by atoms with van der Waals surface area (Å²) in [6.45, 7) is 1.97. The van der Waals surface area contributed by atoms with Crippen molar-refractivity contribution in [3.05, 3.63) is 34.0 Å². The number of carbonyl (C=O) groups is 1. The van der Waals surface area contributed by atoms with Crippen LogP contribution in [0.2, 0.25) is 0 Å². The van der Waals surface area contributed by atoms with Gasteiger partial charge in [0.1, 0.15) is 12.2 Å². The van der Waals surface area contributed by atoms with Gasteiger partial charge in [-0.25, -0.2) is 13.8 Å². The minimum atomic E-state index is -2.54. The molecule has 2 aromatic heterocycles. The van der Waals surface area contributed by atoms with Crippen molar-refractivity contribution in [2.45, 2.75) is 38.8 Å². The molecule has 0 saturated carbocycles. The van der Waals surface area contributed by atoms with E-state index in [9.17, 15) is 13.6 Å². The smallest absolute Gasteiger partial charge is 0.272 e. The molecule has 0 radical (unpaired) electrons. The van der Waals surface area contributed by atoms with Crippen molar-refractivity contribution in [3.8, 4) is 0 Å². The molecule has 8 heteroatoms.